The summed E-state index contributed by atoms with van der Waals surface area (Å²) < 4.78 is 26.3. The van der Waals surface area contributed by atoms with Crippen LogP contribution in [0, 0.1) is 5.82 Å². The lowest BCUT2D eigenvalue weighted by Gasteiger charge is -2.18. The van der Waals surface area contributed by atoms with Gasteiger partial charge in [-0.15, -0.1) is 0 Å². The van der Waals surface area contributed by atoms with Gasteiger partial charge in [-0.05, 0) is 81.8 Å². The fourth-order valence-corrected chi connectivity index (χ4v) is 5.02. The number of nitrogens with one attached hydrogen (secondary N) is 1. The Morgan fingerprint density at radius 1 is 1.09 bits per heavy atom. The van der Waals surface area contributed by atoms with Gasteiger partial charge in [0, 0.05) is 30.4 Å². The average molecular weight is 479 g/mol. The summed E-state index contributed by atoms with van der Waals surface area (Å²) in [5.74, 6) is 0.530. The van der Waals surface area contributed by atoms with E-state index in [0.29, 0.717) is 28.7 Å². The molecule has 4 aromatic rings. The maximum absolute atomic E-state index is 14.0. The predicted molar refractivity (Wildman–Crippen MR) is 141 cm³/mol. The van der Waals surface area contributed by atoms with Crippen molar-refractivity contribution < 1.29 is 13.5 Å². The van der Waals surface area contributed by atoms with E-state index in [2.05, 4.69) is 29.0 Å². The van der Waals surface area contributed by atoms with Gasteiger partial charge in [0.05, 0.1) is 17.8 Å². The first-order valence-corrected chi connectivity index (χ1v) is 12.9. The highest BCUT2D eigenvalue weighted by Crippen LogP contribution is 2.38. The minimum Gasteiger partial charge on any atom is -0.494 e. The molecular weight excluding hydrogens is 443 g/mol. The van der Waals surface area contributed by atoms with Crippen LogP contribution in [0.3, 0.4) is 0 Å². The van der Waals surface area contributed by atoms with Crippen LogP contribution < -0.4 is 10.1 Å². The second-order valence-electron chi connectivity index (χ2n) is 9.29. The highest BCUT2D eigenvalue weighted by molar-refractivity contribution is 6.14. The molecule has 1 aliphatic heterocycles. The Bertz CT molecular complexity index is 1290. The zero-order valence-corrected chi connectivity index (χ0v) is 20.8. The Hall–Kier alpha value is -2.90. The van der Waals surface area contributed by atoms with Crippen molar-refractivity contribution in [1.82, 2.24) is 14.8 Å². The first-order valence-electron chi connectivity index (χ1n) is 12.9. The molecule has 0 saturated carbocycles. The van der Waals surface area contributed by atoms with E-state index in [1.54, 1.807) is 6.07 Å². The summed E-state index contributed by atoms with van der Waals surface area (Å²) in [6, 6.07) is 10.6. The molecule has 1 aliphatic rings. The van der Waals surface area contributed by atoms with Crippen molar-refractivity contribution in [2.45, 2.75) is 33.1 Å². The minimum atomic E-state index is -0.293. The van der Waals surface area contributed by atoms with E-state index in [1.807, 2.05) is 18.2 Å². The third-order valence-corrected chi connectivity index (χ3v) is 7.03. The van der Waals surface area contributed by atoms with Gasteiger partial charge in [-0.1, -0.05) is 13.8 Å². The largest absolute Gasteiger partial charge is 0.494 e. The van der Waals surface area contributed by atoms with E-state index in [9.17, 15) is 4.39 Å². The van der Waals surface area contributed by atoms with Gasteiger partial charge < -0.3 is 24.3 Å². The molecular formula is C28H35FN4O2. The molecule has 7 heteroatoms. The Morgan fingerprint density at radius 3 is 2.71 bits per heavy atom. The van der Waals surface area contributed by atoms with Crippen molar-refractivity contribution in [3.05, 3.63) is 42.2 Å². The molecule has 0 aliphatic carbocycles. The van der Waals surface area contributed by atoms with Crippen LogP contribution in [0.15, 0.2) is 40.8 Å². The number of nitrogens with zero attached hydrogens (tertiary/aromatic N) is 3. The highest BCUT2D eigenvalue weighted by Gasteiger charge is 2.18. The third kappa shape index (κ3) is 5.21. The van der Waals surface area contributed by atoms with Crippen molar-refractivity contribution in [3.63, 3.8) is 0 Å². The summed E-state index contributed by atoms with van der Waals surface area (Å²) in [5.41, 5.74) is 3.72. The predicted octanol–water partition coefficient (Wildman–Crippen LogP) is 5.89. The molecule has 5 rings (SSSR count). The number of furan rings is 1. The number of aromatic nitrogens is 1. The molecule has 186 valence electrons. The Balaban J connectivity index is 1.45. The second kappa shape index (κ2) is 10.8. The number of anilines is 1. The van der Waals surface area contributed by atoms with Crippen molar-refractivity contribution in [1.29, 1.82) is 0 Å². The van der Waals surface area contributed by atoms with Crippen molar-refractivity contribution in [2.75, 3.05) is 57.7 Å². The monoisotopic (exact) mass is 478 g/mol. The van der Waals surface area contributed by atoms with Crippen LogP contribution in [-0.2, 0) is 0 Å². The molecule has 0 atom stereocenters. The number of rotatable bonds is 11. The van der Waals surface area contributed by atoms with E-state index in [4.69, 9.17) is 14.1 Å². The quantitative estimate of drug-likeness (QED) is 0.271. The van der Waals surface area contributed by atoms with Crippen LogP contribution in [0.1, 0.15) is 33.1 Å². The standard InChI is InChI=1S/C28H35FN4O2/c1-3-32(4-2)15-7-17-34-21-9-10-24-22(19-21)26(30-12-16-33-13-5-6-14-33)28-27(31-24)23-18-20(29)8-11-25(23)35-28/h8-11,18-19H,3-7,12-17H2,1-2H3,(H,30,31). The van der Waals surface area contributed by atoms with E-state index in [0.717, 1.165) is 74.6 Å². The molecule has 35 heavy (non-hydrogen) atoms. The highest BCUT2D eigenvalue weighted by atomic mass is 19.1. The summed E-state index contributed by atoms with van der Waals surface area (Å²) in [6.45, 7) is 12.3. The molecule has 1 fully saturated rings. The van der Waals surface area contributed by atoms with Crippen LogP contribution >= 0.6 is 0 Å². The van der Waals surface area contributed by atoms with E-state index < -0.39 is 0 Å². The van der Waals surface area contributed by atoms with Crippen LogP contribution in [0.5, 0.6) is 5.75 Å². The van der Waals surface area contributed by atoms with E-state index in [1.165, 1.54) is 25.0 Å². The third-order valence-electron chi connectivity index (χ3n) is 7.03. The molecule has 2 aromatic carbocycles. The molecule has 0 amide bonds. The lowest BCUT2D eigenvalue weighted by molar-refractivity contribution is 0.249. The SMILES string of the molecule is CCN(CC)CCCOc1ccc2nc3c(oc4ccc(F)cc43)c(NCCN3CCCC3)c2c1. The summed E-state index contributed by atoms with van der Waals surface area (Å²) in [7, 11) is 0. The number of ether oxygens (including phenoxy) is 1. The molecule has 6 nitrogen and oxygen atoms in total. The van der Waals surface area contributed by atoms with Gasteiger partial charge in [0.15, 0.2) is 5.58 Å². The van der Waals surface area contributed by atoms with Gasteiger partial charge in [-0.2, -0.15) is 0 Å². The maximum atomic E-state index is 14.0. The van der Waals surface area contributed by atoms with Gasteiger partial charge in [-0.3, -0.25) is 0 Å². The van der Waals surface area contributed by atoms with Crippen molar-refractivity contribution >= 4 is 38.7 Å². The maximum Gasteiger partial charge on any atom is 0.177 e. The molecule has 1 saturated heterocycles. The average Bonchev–Trinajstić information content (AvgIpc) is 3.52. The molecule has 0 spiro atoms. The lowest BCUT2D eigenvalue weighted by Crippen LogP contribution is -2.26. The Labute approximate surface area is 206 Å². The van der Waals surface area contributed by atoms with Crippen molar-refractivity contribution in [2.24, 2.45) is 0 Å². The van der Waals surface area contributed by atoms with Gasteiger partial charge in [0.1, 0.15) is 22.7 Å². The Kier molecular flexibility index (Phi) is 7.35. The van der Waals surface area contributed by atoms with Crippen molar-refractivity contribution in [3.8, 4) is 5.75 Å². The number of halogens is 1. The summed E-state index contributed by atoms with van der Waals surface area (Å²) in [6.07, 6.45) is 3.52. The number of hydrogen-bond donors (Lipinski definition) is 1. The van der Waals surface area contributed by atoms with Crippen LogP contribution in [0.2, 0.25) is 0 Å². The first kappa shape index (κ1) is 23.8. The second-order valence-corrected chi connectivity index (χ2v) is 9.29. The number of pyridine rings is 1. The van der Waals surface area contributed by atoms with Crippen LogP contribution in [-0.4, -0.2) is 67.2 Å². The number of benzene rings is 2. The fraction of sp³-hybridized carbons (Fsp3) is 0.464. The smallest absolute Gasteiger partial charge is 0.177 e. The van der Waals surface area contributed by atoms with E-state index >= 15 is 0 Å². The number of fused-ring (bicyclic) bond motifs is 4. The molecule has 0 unspecified atom stereocenters. The van der Waals surface area contributed by atoms with Crippen LogP contribution in [0.25, 0.3) is 33.0 Å². The van der Waals surface area contributed by atoms with Gasteiger partial charge in [0.2, 0.25) is 0 Å². The fourth-order valence-electron chi connectivity index (χ4n) is 5.02. The molecule has 1 N–H and O–H groups in total. The number of likely N-dealkylation sites (tertiary alicyclic amines) is 1. The lowest BCUT2D eigenvalue weighted by atomic mass is 10.1. The summed E-state index contributed by atoms with van der Waals surface area (Å²) >= 11 is 0. The minimum absolute atomic E-state index is 0.293. The Morgan fingerprint density at radius 2 is 1.91 bits per heavy atom. The summed E-state index contributed by atoms with van der Waals surface area (Å²) in [4.78, 5) is 9.74. The zero-order valence-electron chi connectivity index (χ0n) is 20.8. The van der Waals surface area contributed by atoms with Gasteiger partial charge >= 0.3 is 0 Å². The first-order chi connectivity index (χ1) is 17.2. The topological polar surface area (TPSA) is 53.8 Å². The molecule has 2 aromatic heterocycles. The van der Waals surface area contributed by atoms with Gasteiger partial charge in [-0.25, -0.2) is 9.37 Å². The van der Waals surface area contributed by atoms with Crippen LogP contribution in [0.4, 0.5) is 10.1 Å². The zero-order chi connectivity index (χ0) is 24.2. The molecule has 0 radical (unpaired) electrons. The molecule has 3 heterocycles. The van der Waals surface area contributed by atoms with Gasteiger partial charge in [0.25, 0.3) is 0 Å². The number of hydrogen-bond acceptors (Lipinski definition) is 6. The normalized spacial score (nSPS) is 14.6. The van der Waals surface area contributed by atoms with E-state index in [-0.39, 0.29) is 5.82 Å². The summed E-state index contributed by atoms with van der Waals surface area (Å²) in [5, 5.41) is 5.28. The molecule has 0 bridgehead atoms.